The van der Waals surface area contributed by atoms with Crippen molar-refractivity contribution < 1.29 is 9.59 Å². The first-order chi connectivity index (χ1) is 11.4. The zero-order chi connectivity index (χ0) is 17.2. The van der Waals surface area contributed by atoms with Crippen molar-refractivity contribution in [2.24, 2.45) is 7.05 Å². The summed E-state index contributed by atoms with van der Waals surface area (Å²) in [6, 6.07) is 4.62. The number of carbonyl (C=O) groups excluding carboxylic acids is 2. The first-order valence-corrected chi connectivity index (χ1v) is 7.82. The molecule has 0 unspecified atom stereocenters. The van der Waals surface area contributed by atoms with E-state index in [1.54, 1.807) is 30.8 Å². The van der Waals surface area contributed by atoms with E-state index >= 15 is 0 Å². The van der Waals surface area contributed by atoms with E-state index in [9.17, 15) is 9.59 Å². The first-order valence-electron chi connectivity index (χ1n) is 7.06. The van der Waals surface area contributed by atoms with Gasteiger partial charge in [-0.05, 0) is 25.1 Å². The molecule has 24 heavy (non-hydrogen) atoms. The van der Waals surface area contributed by atoms with Crippen LogP contribution >= 0.6 is 23.2 Å². The Kier molecular flexibility index (Phi) is 3.16. The molecule has 3 heterocycles. The van der Waals surface area contributed by atoms with Crippen LogP contribution in [0, 0.1) is 6.92 Å². The van der Waals surface area contributed by atoms with Crippen molar-refractivity contribution in [3.63, 3.8) is 0 Å². The SMILES string of the molecule is Cc1nn(C)c2ncc3c(c12)C(=O)N(c1ccc(Cl)cc1Cl)C3=O. The molecule has 0 spiro atoms. The summed E-state index contributed by atoms with van der Waals surface area (Å²) in [6.45, 7) is 1.78. The highest BCUT2D eigenvalue weighted by Gasteiger charge is 2.40. The minimum absolute atomic E-state index is 0.226. The van der Waals surface area contributed by atoms with Gasteiger partial charge in [0, 0.05) is 18.3 Å². The average Bonchev–Trinajstić information content (AvgIpc) is 2.95. The van der Waals surface area contributed by atoms with E-state index in [2.05, 4.69) is 10.1 Å². The Morgan fingerprint density at radius 2 is 1.88 bits per heavy atom. The molecule has 4 rings (SSSR count). The van der Waals surface area contributed by atoms with Crippen molar-refractivity contribution in [1.82, 2.24) is 14.8 Å². The smallest absolute Gasteiger partial charge is 0.267 e. The van der Waals surface area contributed by atoms with Gasteiger partial charge in [-0.25, -0.2) is 9.88 Å². The molecule has 6 nitrogen and oxygen atoms in total. The minimum atomic E-state index is -0.461. The van der Waals surface area contributed by atoms with Crippen LogP contribution in [0.1, 0.15) is 26.4 Å². The number of rotatable bonds is 1. The molecule has 0 N–H and O–H groups in total. The standard InChI is InChI=1S/C16H10Cl2N4O2/c1-7-12-13-9(6-19-14(12)21(2)20-7)15(23)22(16(13)24)11-4-3-8(17)5-10(11)18/h3-6H,1-2H3. The van der Waals surface area contributed by atoms with Crippen molar-refractivity contribution in [2.45, 2.75) is 6.92 Å². The van der Waals surface area contributed by atoms with Crippen molar-refractivity contribution in [3.8, 4) is 0 Å². The van der Waals surface area contributed by atoms with E-state index < -0.39 is 11.8 Å². The fourth-order valence-electron chi connectivity index (χ4n) is 3.00. The van der Waals surface area contributed by atoms with Gasteiger partial charge in [0.15, 0.2) is 5.65 Å². The van der Waals surface area contributed by atoms with Crippen LogP contribution in [0.2, 0.25) is 10.0 Å². The number of hydrogen-bond donors (Lipinski definition) is 0. The number of hydrogen-bond acceptors (Lipinski definition) is 4. The summed E-state index contributed by atoms with van der Waals surface area (Å²) in [5.74, 6) is -0.903. The van der Waals surface area contributed by atoms with Crippen molar-refractivity contribution in [3.05, 3.63) is 51.3 Å². The topological polar surface area (TPSA) is 68.1 Å². The summed E-state index contributed by atoms with van der Waals surface area (Å²) in [6.07, 6.45) is 1.41. The molecule has 2 aromatic heterocycles. The summed E-state index contributed by atoms with van der Waals surface area (Å²) >= 11 is 12.1. The molecule has 0 bridgehead atoms. The molecule has 0 saturated heterocycles. The summed E-state index contributed by atoms with van der Waals surface area (Å²) in [4.78, 5) is 31.0. The number of benzene rings is 1. The number of pyridine rings is 1. The summed E-state index contributed by atoms with van der Waals surface area (Å²) in [7, 11) is 1.74. The van der Waals surface area contributed by atoms with Crippen LogP contribution in [-0.2, 0) is 7.05 Å². The lowest BCUT2D eigenvalue weighted by atomic mass is 10.1. The Morgan fingerprint density at radius 3 is 2.58 bits per heavy atom. The molecular formula is C16H10Cl2N4O2. The van der Waals surface area contributed by atoms with Gasteiger partial charge in [-0.15, -0.1) is 0 Å². The highest BCUT2D eigenvalue weighted by molar-refractivity contribution is 6.42. The monoisotopic (exact) mass is 360 g/mol. The Balaban J connectivity index is 1.97. The molecule has 120 valence electrons. The van der Waals surface area contributed by atoms with Gasteiger partial charge in [0.05, 0.1) is 32.9 Å². The second-order valence-electron chi connectivity index (χ2n) is 5.50. The fourth-order valence-corrected chi connectivity index (χ4v) is 3.49. The molecule has 3 aromatic rings. The second kappa shape index (κ2) is 5.03. The Bertz CT molecular complexity index is 1060. The lowest BCUT2D eigenvalue weighted by Gasteiger charge is -2.15. The molecule has 0 fully saturated rings. The van der Waals surface area contributed by atoms with E-state index in [-0.39, 0.29) is 10.6 Å². The molecule has 1 aliphatic heterocycles. The molecule has 0 saturated carbocycles. The zero-order valence-electron chi connectivity index (χ0n) is 12.7. The van der Waals surface area contributed by atoms with Crippen LogP contribution in [0.15, 0.2) is 24.4 Å². The average molecular weight is 361 g/mol. The van der Waals surface area contributed by atoms with Gasteiger partial charge in [0.25, 0.3) is 11.8 Å². The lowest BCUT2D eigenvalue weighted by molar-refractivity contribution is 0.0926. The normalized spacial score (nSPS) is 13.9. The molecule has 1 aromatic carbocycles. The lowest BCUT2D eigenvalue weighted by Crippen LogP contribution is -2.29. The number of imide groups is 1. The molecule has 2 amide bonds. The van der Waals surface area contributed by atoms with Crippen LogP contribution in [0.3, 0.4) is 0 Å². The van der Waals surface area contributed by atoms with E-state index in [0.29, 0.717) is 33.0 Å². The van der Waals surface area contributed by atoms with E-state index in [0.717, 1.165) is 4.90 Å². The number of aromatic nitrogens is 3. The molecule has 8 heteroatoms. The van der Waals surface area contributed by atoms with Crippen molar-refractivity contribution >= 4 is 51.7 Å². The number of nitrogens with zero attached hydrogens (tertiary/aromatic N) is 4. The van der Waals surface area contributed by atoms with Gasteiger partial charge in [-0.1, -0.05) is 23.2 Å². The predicted molar refractivity (Wildman–Crippen MR) is 90.8 cm³/mol. The second-order valence-corrected chi connectivity index (χ2v) is 6.34. The van der Waals surface area contributed by atoms with Gasteiger partial charge in [0.2, 0.25) is 0 Å². The largest absolute Gasteiger partial charge is 0.268 e. The van der Waals surface area contributed by atoms with E-state index in [1.165, 1.54) is 12.3 Å². The predicted octanol–water partition coefficient (Wildman–Crippen LogP) is 3.38. The number of aryl methyl sites for hydroxylation is 2. The first kappa shape index (κ1) is 15.1. The van der Waals surface area contributed by atoms with Crippen LogP contribution < -0.4 is 4.90 Å². The summed E-state index contributed by atoms with van der Waals surface area (Å²) < 4.78 is 1.58. The minimum Gasteiger partial charge on any atom is -0.268 e. The highest BCUT2D eigenvalue weighted by Crippen LogP contribution is 2.37. The number of fused-ring (bicyclic) bond motifs is 3. The molecular weight excluding hydrogens is 351 g/mol. The van der Waals surface area contributed by atoms with Crippen molar-refractivity contribution in [1.29, 1.82) is 0 Å². The van der Waals surface area contributed by atoms with Gasteiger partial charge >= 0.3 is 0 Å². The van der Waals surface area contributed by atoms with Gasteiger partial charge in [0.1, 0.15) is 0 Å². The zero-order valence-corrected chi connectivity index (χ0v) is 14.2. The Labute approximate surface area is 146 Å². The summed E-state index contributed by atoms with van der Waals surface area (Å²) in [5, 5.41) is 5.52. The van der Waals surface area contributed by atoms with Crippen LogP contribution in [0.25, 0.3) is 11.0 Å². The molecule has 1 aliphatic rings. The van der Waals surface area contributed by atoms with E-state index in [4.69, 9.17) is 23.2 Å². The molecule has 0 aliphatic carbocycles. The number of amides is 2. The maximum absolute atomic E-state index is 13.0. The van der Waals surface area contributed by atoms with Gasteiger partial charge in [-0.3, -0.25) is 14.3 Å². The van der Waals surface area contributed by atoms with E-state index in [1.807, 2.05) is 0 Å². The van der Waals surface area contributed by atoms with Gasteiger partial charge in [-0.2, -0.15) is 5.10 Å². The van der Waals surface area contributed by atoms with Crippen LogP contribution in [0.4, 0.5) is 5.69 Å². The van der Waals surface area contributed by atoms with Crippen molar-refractivity contribution in [2.75, 3.05) is 4.90 Å². The third kappa shape index (κ3) is 1.90. The number of halogens is 2. The quantitative estimate of drug-likeness (QED) is 0.623. The van der Waals surface area contributed by atoms with Crippen LogP contribution in [0.5, 0.6) is 0 Å². The fraction of sp³-hybridized carbons (Fsp3) is 0.125. The van der Waals surface area contributed by atoms with Crippen LogP contribution in [-0.4, -0.2) is 26.6 Å². The third-order valence-electron chi connectivity index (χ3n) is 4.03. The third-order valence-corrected chi connectivity index (χ3v) is 4.57. The Morgan fingerprint density at radius 1 is 1.12 bits per heavy atom. The molecule has 0 radical (unpaired) electrons. The molecule has 0 atom stereocenters. The number of anilines is 1. The maximum Gasteiger partial charge on any atom is 0.267 e. The van der Waals surface area contributed by atoms with Gasteiger partial charge < -0.3 is 0 Å². The Hall–Kier alpha value is -2.44. The highest BCUT2D eigenvalue weighted by atomic mass is 35.5. The maximum atomic E-state index is 13.0. The summed E-state index contributed by atoms with van der Waals surface area (Å²) in [5.41, 5.74) is 2.04. The number of carbonyl (C=O) groups is 2.